The molecule has 6 bridgehead atoms. The van der Waals surface area contributed by atoms with E-state index in [0.29, 0.717) is 138 Å². The highest BCUT2D eigenvalue weighted by Crippen LogP contribution is 2.42. The number of nitrogens with two attached hydrogens (primary N) is 3. The second-order valence-corrected chi connectivity index (χ2v) is 30.5. The van der Waals surface area contributed by atoms with Gasteiger partial charge in [0.25, 0.3) is 0 Å². The fraction of sp³-hybridized carbons (Fsp3) is 0.365. The number of piperazine rings is 3. The molecule has 6 unspecified atom stereocenters. The number of methoxy groups -OCH3 is 3. The highest BCUT2D eigenvalue weighted by atomic mass is 19.1. The van der Waals surface area contributed by atoms with Gasteiger partial charge < -0.3 is 65.1 Å². The van der Waals surface area contributed by atoms with Crippen LogP contribution in [0.1, 0.15) is 80.3 Å². The highest BCUT2D eigenvalue weighted by Gasteiger charge is 2.47. The summed E-state index contributed by atoms with van der Waals surface area (Å²) in [6.07, 6.45) is 21.0. The summed E-state index contributed by atoms with van der Waals surface area (Å²) in [4.78, 5) is 41.6. The van der Waals surface area contributed by atoms with Gasteiger partial charge in [-0.15, -0.1) is 15.3 Å². The summed E-state index contributed by atoms with van der Waals surface area (Å²) in [5.41, 5.74) is 28.8. The summed E-state index contributed by atoms with van der Waals surface area (Å²) in [5.74, 6) is 6.15. The van der Waals surface area contributed by atoms with E-state index in [0.717, 1.165) is 115 Å². The molecule has 0 radical (unpaired) electrons. The van der Waals surface area contributed by atoms with Crippen LogP contribution in [0.15, 0.2) is 147 Å². The van der Waals surface area contributed by atoms with E-state index < -0.39 is 5.60 Å². The number of fused-ring (bicyclic) bond motifs is 9. The minimum atomic E-state index is -0.463. The Balaban J connectivity index is 0.000000132. The van der Waals surface area contributed by atoms with Crippen LogP contribution in [0.4, 0.5) is 39.3 Å². The van der Waals surface area contributed by atoms with Crippen LogP contribution in [0.25, 0.3) is 49.9 Å². The molecule has 6 atom stereocenters. The molecule has 31 nitrogen and oxygen atoms in total. The van der Waals surface area contributed by atoms with Gasteiger partial charge >= 0.3 is 0 Å². The number of pyridine rings is 9. The maximum absolute atomic E-state index is 13.5. The largest absolute Gasteiger partial charge is 0.492 e. The first-order valence-corrected chi connectivity index (χ1v) is 39.1. The number of halogens is 1. The van der Waals surface area contributed by atoms with Crippen molar-refractivity contribution in [2.75, 3.05) is 126 Å². The van der Waals surface area contributed by atoms with Gasteiger partial charge in [-0.1, -0.05) is 12.1 Å². The average Bonchev–Trinajstić information content (AvgIpc) is 1.21. The fourth-order valence-corrected chi connectivity index (χ4v) is 16.6. The van der Waals surface area contributed by atoms with E-state index in [9.17, 15) is 20.2 Å². The van der Waals surface area contributed by atoms with Gasteiger partial charge in [0, 0.05) is 192 Å². The molecule has 9 aliphatic rings. The Morgan fingerprint density at radius 3 is 1.18 bits per heavy atom. The molecule has 117 heavy (non-hydrogen) atoms. The second kappa shape index (κ2) is 33.4. The Hall–Kier alpha value is -13.0. The van der Waals surface area contributed by atoms with Crippen molar-refractivity contribution in [1.82, 2.24) is 73.4 Å². The summed E-state index contributed by atoms with van der Waals surface area (Å²) >= 11 is 0. The zero-order valence-electron chi connectivity index (χ0n) is 66.2. The molecule has 9 aliphatic heterocycles. The smallest absolute Gasteiger partial charge is 0.212 e. The molecule has 21 rings (SSSR count). The van der Waals surface area contributed by atoms with Gasteiger partial charge in [0.05, 0.1) is 74.4 Å². The lowest BCUT2D eigenvalue weighted by atomic mass is 9.87. The SMILES string of the molecule is CCOCCOc1cc(-c2ccc(N3CC4CC(C3)N4Cc3ccc(OC)nc3)nc2)c2c(C#N)c(N)nn2c1.CCOc1cc(-c2ccc(N3CC4CC(C3)N4Cc3cncc(F)c3)nc2)c2c(C#N)c(N)nn2c1.COc1ccc(CN2C3CC2CN(c2ccc(-c4cc(OCC(C)(C)OC)cn5nc(N)c(C#N)c45)cn2)C3)cn1. The van der Waals surface area contributed by atoms with E-state index in [1.807, 2.05) is 125 Å². The third-order valence-electron chi connectivity index (χ3n) is 22.7. The maximum Gasteiger partial charge on any atom is 0.212 e. The van der Waals surface area contributed by atoms with Crippen molar-refractivity contribution in [3.63, 3.8) is 0 Å². The molecule has 0 aromatic carbocycles. The number of hydrogen-bond donors (Lipinski definition) is 3. The van der Waals surface area contributed by atoms with Gasteiger partial charge in [-0.3, -0.25) is 19.7 Å². The van der Waals surface area contributed by atoms with Crippen molar-refractivity contribution in [2.24, 2.45) is 0 Å². The second-order valence-electron chi connectivity index (χ2n) is 30.5. The molecular weight excluding hydrogens is 1490 g/mol. The molecule has 32 heteroatoms. The fourth-order valence-electron chi connectivity index (χ4n) is 16.6. The number of aromatic nitrogens is 12. The first-order chi connectivity index (χ1) is 56.9. The lowest BCUT2D eigenvalue weighted by Gasteiger charge is -2.56. The van der Waals surface area contributed by atoms with Crippen LogP contribution < -0.4 is 55.6 Å². The number of hydrogen-bond acceptors (Lipinski definition) is 28. The molecule has 0 spiro atoms. The summed E-state index contributed by atoms with van der Waals surface area (Å²) in [7, 11) is 4.91. The Labute approximate surface area is 675 Å². The van der Waals surface area contributed by atoms with E-state index in [4.69, 9.17) is 65.3 Å². The molecule has 600 valence electrons. The molecule has 6 N–H and O–H groups in total. The van der Waals surface area contributed by atoms with Crippen molar-refractivity contribution >= 4 is 51.5 Å². The van der Waals surface area contributed by atoms with Gasteiger partial charge in [0.2, 0.25) is 11.8 Å². The standard InChI is InChI=1S/C30H34N8O3.C29H32N8O3.C26H25FN8O/c1-30(2,40-4)18-41-23-10-24(28-25(11-31)29(32)35-38(28)17-23)20-6-7-26(33-13-20)36-15-21-9-22(16-36)37(21)14-19-5-8-27(39-3)34-12-19;1-3-39-8-9-40-23-11-24(28-25(12-30)29(31)34-37(28)18-23)20-5-6-26(32-14-20)35-16-21-10-22(17-35)36(21)15-19-4-7-27(38-2)33-13-19;1-2-36-21-7-22(25-23(8-28)26(29)32-35(25)15-21)17-3-4-24(31-10-17)33-13-19-6-20(14-33)34(19)12-16-5-18(27)11-30-9-16/h5-8,10,12-13,17,21-22H,9,14-16,18H2,1-4H3,(H2,32,35);4-7,11,13-14,18,21-22H,3,8-10,15-17H2,1-2H3,(H2,31,34);3-5,7,9-11,15,19-20H,2,6,12-14H2,1H3,(H2,29,32). The van der Waals surface area contributed by atoms with Crippen LogP contribution in [0.5, 0.6) is 29.0 Å². The van der Waals surface area contributed by atoms with Crippen molar-refractivity contribution in [2.45, 2.75) is 108 Å². The lowest BCUT2D eigenvalue weighted by Crippen LogP contribution is -2.68. The highest BCUT2D eigenvalue weighted by molar-refractivity contribution is 5.91. The van der Waals surface area contributed by atoms with Crippen LogP contribution in [-0.2, 0) is 29.1 Å². The number of nitriles is 3. The van der Waals surface area contributed by atoms with Crippen LogP contribution in [0.3, 0.4) is 0 Å². The van der Waals surface area contributed by atoms with Crippen LogP contribution in [0.2, 0.25) is 0 Å². The van der Waals surface area contributed by atoms with Crippen molar-refractivity contribution in [3.05, 3.63) is 186 Å². The number of nitrogens with zero attached hydrogens (tertiary/aromatic N) is 21. The van der Waals surface area contributed by atoms with Gasteiger partial charge in [-0.05, 0) is 124 Å². The molecule has 21 heterocycles. The quantitative estimate of drug-likeness (QED) is 0.0448. The van der Waals surface area contributed by atoms with Gasteiger partial charge in [-0.2, -0.15) is 15.8 Å². The van der Waals surface area contributed by atoms with Crippen LogP contribution in [0, 0.1) is 39.8 Å². The molecular formula is C85H91FN24O7. The minimum absolute atomic E-state index is 0.176. The zero-order valence-corrected chi connectivity index (χ0v) is 66.2. The normalized spacial score (nSPS) is 18.7. The molecule has 0 aliphatic carbocycles. The van der Waals surface area contributed by atoms with Crippen molar-refractivity contribution in [3.8, 4) is 80.6 Å². The topological polar surface area (TPSA) is 363 Å². The molecule has 9 fully saturated rings. The monoisotopic (exact) mass is 1580 g/mol. The third kappa shape index (κ3) is 16.1. The zero-order chi connectivity index (χ0) is 81.2. The predicted octanol–water partition coefficient (Wildman–Crippen LogP) is 9.90. The molecule has 12 aromatic heterocycles. The molecule has 0 amide bonds. The summed E-state index contributed by atoms with van der Waals surface area (Å²) < 4.78 is 57.3. The third-order valence-corrected chi connectivity index (χ3v) is 22.7. The Morgan fingerprint density at radius 1 is 0.453 bits per heavy atom. The summed E-state index contributed by atoms with van der Waals surface area (Å²) in [6.45, 7) is 18.1. The maximum atomic E-state index is 13.5. The van der Waals surface area contributed by atoms with Crippen LogP contribution >= 0.6 is 0 Å². The lowest BCUT2D eigenvalue weighted by molar-refractivity contribution is -0.0147. The number of piperidine rings is 3. The number of rotatable bonds is 25. The van der Waals surface area contributed by atoms with Gasteiger partial charge in [-0.25, -0.2) is 42.9 Å². The molecule has 12 aromatic rings. The Bertz CT molecular complexity index is 5680. The summed E-state index contributed by atoms with van der Waals surface area (Å²) in [5, 5.41) is 42.2. The van der Waals surface area contributed by atoms with E-state index in [-0.39, 0.29) is 23.3 Å². The first-order valence-electron chi connectivity index (χ1n) is 39.1. The molecule has 9 saturated heterocycles. The van der Waals surface area contributed by atoms with E-state index in [2.05, 4.69) is 90.0 Å². The van der Waals surface area contributed by atoms with Gasteiger partial charge in [0.15, 0.2) is 17.5 Å². The number of anilines is 6. The van der Waals surface area contributed by atoms with Crippen molar-refractivity contribution in [1.29, 1.82) is 15.8 Å². The van der Waals surface area contributed by atoms with E-state index in [1.165, 1.54) is 30.2 Å². The van der Waals surface area contributed by atoms with Gasteiger partial charge in [0.1, 0.15) is 88.6 Å². The molecule has 0 saturated carbocycles. The predicted molar refractivity (Wildman–Crippen MR) is 438 cm³/mol. The van der Waals surface area contributed by atoms with Crippen LogP contribution in [-0.4, -0.2) is 209 Å². The van der Waals surface area contributed by atoms with E-state index in [1.54, 1.807) is 65.7 Å². The first kappa shape index (κ1) is 77.9. The Kier molecular flexibility index (Phi) is 22.3. The summed E-state index contributed by atoms with van der Waals surface area (Å²) in [6, 6.07) is 36.7. The number of ether oxygens (including phenoxy) is 7. The average molecular weight is 1580 g/mol. The number of nitrogen functional groups attached to an aromatic ring is 3. The van der Waals surface area contributed by atoms with E-state index >= 15 is 0 Å². The minimum Gasteiger partial charge on any atom is -0.492 e. The van der Waals surface area contributed by atoms with Crippen molar-refractivity contribution < 1.29 is 37.5 Å². The Morgan fingerprint density at radius 2 is 0.846 bits per heavy atom.